The number of fused-ring (bicyclic) bond motifs is 1. The Labute approximate surface area is 152 Å². The normalized spacial score (nSPS) is 15.0. The van der Waals surface area contributed by atoms with E-state index >= 15 is 0 Å². The van der Waals surface area contributed by atoms with Gasteiger partial charge in [0.15, 0.2) is 17.2 Å². The molecule has 0 saturated carbocycles. The third-order valence-electron chi connectivity index (χ3n) is 4.12. The molecule has 2 aromatic carbocycles. The number of rotatable bonds is 6. The fourth-order valence-electron chi connectivity index (χ4n) is 2.89. The fraction of sp³-hybridized carbons (Fsp3) is 0.250. The summed E-state index contributed by atoms with van der Waals surface area (Å²) in [5, 5.41) is 8.31. The van der Waals surface area contributed by atoms with Crippen LogP contribution in [-0.4, -0.2) is 38.6 Å². The molecule has 0 saturated heterocycles. The number of benzene rings is 2. The summed E-state index contributed by atoms with van der Waals surface area (Å²) in [4.78, 5) is 14.4. The van der Waals surface area contributed by atoms with Crippen LogP contribution in [0.25, 0.3) is 0 Å². The van der Waals surface area contributed by atoms with Crippen LogP contribution in [0.3, 0.4) is 0 Å². The van der Waals surface area contributed by atoms with Gasteiger partial charge >= 0.3 is 0 Å². The largest absolute Gasteiger partial charge is 0.493 e. The number of carbonyl (C=O) groups is 1. The van der Waals surface area contributed by atoms with E-state index in [1.807, 2.05) is 37.3 Å². The Bertz CT molecular complexity index is 874. The predicted molar refractivity (Wildman–Crippen MR) is 103 cm³/mol. The van der Waals surface area contributed by atoms with Gasteiger partial charge in [0.05, 0.1) is 26.1 Å². The highest BCUT2D eigenvalue weighted by Gasteiger charge is 2.33. The summed E-state index contributed by atoms with van der Waals surface area (Å²) in [5.74, 6) is 1.14. The van der Waals surface area contributed by atoms with Gasteiger partial charge in [0.25, 0.3) is 5.91 Å². The highest BCUT2D eigenvalue weighted by molar-refractivity contribution is 6.54. The van der Waals surface area contributed by atoms with Crippen LogP contribution >= 0.6 is 0 Å². The first-order valence-electron chi connectivity index (χ1n) is 8.44. The lowest BCUT2D eigenvalue weighted by Crippen LogP contribution is -2.30. The SMILES string of the molecule is CCCN1C(=O)/C(=N/N=C\c2ccc(OC)c(OC)c2)c2ccccc21. The van der Waals surface area contributed by atoms with E-state index in [4.69, 9.17) is 9.47 Å². The van der Waals surface area contributed by atoms with Gasteiger partial charge in [-0.15, -0.1) is 5.10 Å². The maximum absolute atomic E-state index is 12.7. The number of amides is 1. The number of ether oxygens (including phenoxy) is 2. The summed E-state index contributed by atoms with van der Waals surface area (Å²) in [5.41, 5.74) is 2.87. The van der Waals surface area contributed by atoms with E-state index in [-0.39, 0.29) is 5.91 Å². The average Bonchev–Trinajstić information content (AvgIpc) is 2.94. The Morgan fingerprint density at radius 3 is 2.58 bits per heavy atom. The first-order valence-corrected chi connectivity index (χ1v) is 8.44. The van der Waals surface area contributed by atoms with Gasteiger partial charge in [0.2, 0.25) is 0 Å². The lowest BCUT2D eigenvalue weighted by molar-refractivity contribution is -0.112. The molecule has 0 N–H and O–H groups in total. The molecule has 0 radical (unpaired) electrons. The Morgan fingerprint density at radius 1 is 1.08 bits per heavy atom. The van der Waals surface area contributed by atoms with Crippen molar-refractivity contribution >= 4 is 23.5 Å². The van der Waals surface area contributed by atoms with Crippen molar-refractivity contribution in [3.63, 3.8) is 0 Å². The van der Waals surface area contributed by atoms with E-state index in [2.05, 4.69) is 10.2 Å². The quantitative estimate of drug-likeness (QED) is 0.593. The lowest BCUT2D eigenvalue weighted by atomic mass is 10.1. The molecule has 1 aliphatic rings. The third-order valence-corrected chi connectivity index (χ3v) is 4.12. The summed E-state index contributed by atoms with van der Waals surface area (Å²) in [7, 11) is 3.16. The van der Waals surface area contributed by atoms with Gasteiger partial charge in [-0.1, -0.05) is 25.1 Å². The number of hydrogen-bond donors (Lipinski definition) is 0. The minimum atomic E-state index is -0.113. The lowest BCUT2D eigenvalue weighted by Gasteiger charge is -2.14. The molecule has 0 unspecified atom stereocenters. The van der Waals surface area contributed by atoms with E-state index in [1.54, 1.807) is 37.5 Å². The second-order valence-corrected chi connectivity index (χ2v) is 5.78. The standard InChI is InChI=1S/C20H21N3O3/c1-4-11-23-16-8-6-5-7-15(16)19(20(23)24)22-21-13-14-9-10-17(25-2)18(12-14)26-3/h5-10,12-13H,4,11H2,1-3H3/b21-13-,22-19+. The second kappa shape index (κ2) is 7.82. The minimum Gasteiger partial charge on any atom is -0.493 e. The van der Waals surface area contributed by atoms with Crippen LogP contribution in [-0.2, 0) is 4.79 Å². The maximum Gasteiger partial charge on any atom is 0.279 e. The van der Waals surface area contributed by atoms with Gasteiger partial charge in [-0.3, -0.25) is 4.79 Å². The van der Waals surface area contributed by atoms with E-state index in [0.29, 0.717) is 23.8 Å². The second-order valence-electron chi connectivity index (χ2n) is 5.78. The van der Waals surface area contributed by atoms with Crippen molar-refractivity contribution < 1.29 is 14.3 Å². The Kier molecular flexibility index (Phi) is 5.31. The van der Waals surface area contributed by atoms with Crippen molar-refractivity contribution in [2.75, 3.05) is 25.7 Å². The molecule has 0 aliphatic carbocycles. The van der Waals surface area contributed by atoms with Crippen LogP contribution in [0.4, 0.5) is 5.69 Å². The number of nitrogens with zero attached hydrogens (tertiary/aromatic N) is 3. The number of anilines is 1. The van der Waals surface area contributed by atoms with Crippen molar-refractivity contribution in [2.45, 2.75) is 13.3 Å². The molecule has 1 amide bonds. The van der Waals surface area contributed by atoms with Crippen LogP contribution < -0.4 is 14.4 Å². The summed E-state index contributed by atoms with van der Waals surface area (Å²) < 4.78 is 10.5. The molecular formula is C20H21N3O3. The highest BCUT2D eigenvalue weighted by atomic mass is 16.5. The van der Waals surface area contributed by atoms with E-state index < -0.39 is 0 Å². The first kappa shape index (κ1) is 17.7. The zero-order chi connectivity index (χ0) is 18.5. The van der Waals surface area contributed by atoms with Crippen LogP contribution in [0.5, 0.6) is 11.5 Å². The monoisotopic (exact) mass is 351 g/mol. The molecule has 0 fully saturated rings. The van der Waals surface area contributed by atoms with Crippen molar-refractivity contribution in [1.82, 2.24) is 0 Å². The van der Waals surface area contributed by atoms with Gasteiger partial charge in [0, 0.05) is 12.1 Å². The number of methoxy groups -OCH3 is 2. The van der Waals surface area contributed by atoms with Gasteiger partial charge in [0.1, 0.15) is 0 Å². The Morgan fingerprint density at radius 2 is 1.85 bits per heavy atom. The topological polar surface area (TPSA) is 63.5 Å². The Balaban J connectivity index is 1.88. The molecule has 0 aromatic heterocycles. The molecule has 1 aliphatic heterocycles. The van der Waals surface area contributed by atoms with Gasteiger partial charge in [-0.25, -0.2) is 0 Å². The third kappa shape index (κ3) is 3.31. The van der Waals surface area contributed by atoms with E-state index in [9.17, 15) is 4.79 Å². The maximum atomic E-state index is 12.7. The number of para-hydroxylation sites is 1. The summed E-state index contributed by atoms with van der Waals surface area (Å²) in [6.07, 6.45) is 2.47. The molecule has 3 rings (SSSR count). The number of hydrogen-bond acceptors (Lipinski definition) is 5. The molecule has 0 bridgehead atoms. The molecule has 0 atom stereocenters. The molecule has 2 aromatic rings. The predicted octanol–water partition coefficient (Wildman–Crippen LogP) is 3.28. The smallest absolute Gasteiger partial charge is 0.279 e. The molecule has 6 nitrogen and oxygen atoms in total. The summed E-state index contributed by atoms with van der Waals surface area (Å²) in [6, 6.07) is 13.1. The van der Waals surface area contributed by atoms with Crippen molar-refractivity contribution in [2.24, 2.45) is 10.2 Å². The molecule has 1 heterocycles. The van der Waals surface area contributed by atoms with Crippen LogP contribution in [0, 0.1) is 0 Å². The summed E-state index contributed by atoms with van der Waals surface area (Å²) in [6.45, 7) is 2.70. The van der Waals surface area contributed by atoms with Crippen LogP contribution in [0.15, 0.2) is 52.7 Å². The molecular weight excluding hydrogens is 330 g/mol. The highest BCUT2D eigenvalue weighted by Crippen LogP contribution is 2.29. The van der Waals surface area contributed by atoms with E-state index in [1.165, 1.54) is 0 Å². The van der Waals surface area contributed by atoms with Gasteiger partial charge in [-0.05, 0) is 36.2 Å². The molecule has 26 heavy (non-hydrogen) atoms. The number of carbonyl (C=O) groups excluding carboxylic acids is 1. The van der Waals surface area contributed by atoms with Crippen molar-refractivity contribution in [3.8, 4) is 11.5 Å². The summed E-state index contributed by atoms with van der Waals surface area (Å²) >= 11 is 0. The van der Waals surface area contributed by atoms with Gasteiger partial charge < -0.3 is 14.4 Å². The zero-order valence-corrected chi connectivity index (χ0v) is 15.1. The van der Waals surface area contributed by atoms with E-state index in [0.717, 1.165) is 23.2 Å². The Hall–Kier alpha value is -3.15. The first-order chi connectivity index (χ1) is 12.7. The molecule has 0 spiro atoms. The van der Waals surface area contributed by atoms with Crippen molar-refractivity contribution in [1.29, 1.82) is 0 Å². The van der Waals surface area contributed by atoms with Gasteiger partial charge in [-0.2, -0.15) is 5.10 Å². The fourth-order valence-corrected chi connectivity index (χ4v) is 2.89. The average molecular weight is 351 g/mol. The molecule has 134 valence electrons. The molecule has 6 heteroatoms. The zero-order valence-electron chi connectivity index (χ0n) is 15.1. The van der Waals surface area contributed by atoms with Crippen molar-refractivity contribution in [3.05, 3.63) is 53.6 Å². The van der Waals surface area contributed by atoms with Crippen LogP contribution in [0.2, 0.25) is 0 Å². The van der Waals surface area contributed by atoms with Crippen LogP contribution in [0.1, 0.15) is 24.5 Å². The minimum absolute atomic E-state index is 0.113.